The number of rotatable bonds is 6. The number of nitrogens with zero attached hydrogens (tertiary/aromatic N) is 3. The molecule has 3 saturated carbocycles. The van der Waals surface area contributed by atoms with E-state index in [0.29, 0.717) is 56.4 Å². The second-order valence-electron chi connectivity index (χ2n) is 11.2. The number of fused-ring (bicyclic) bond motifs is 1. The van der Waals surface area contributed by atoms with Crippen LogP contribution in [0, 0.1) is 29.0 Å². The van der Waals surface area contributed by atoms with E-state index in [0.717, 1.165) is 24.2 Å². The van der Waals surface area contributed by atoms with Crippen molar-refractivity contribution >= 4 is 44.8 Å². The highest BCUT2D eigenvalue weighted by atomic mass is 35.5. The van der Waals surface area contributed by atoms with Gasteiger partial charge in [0.1, 0.15) is 27.6 Å². The summed E-state index contributed by atoms with van der Waals surface area (Å²) in [5.41, 5.74) is 0.784. The van der Waals surface area contributed by atoms with E-state index in [4.69, 9.17) is 37.2 Å². The Bertz CT molecular complexity index is 1730. The molecule has 3 heterocycles. The van der Waals surface area contributed by atoms with Crippen LogP contribution in [0.15, 0.2) is 34.9 Å². The van der Waals surface area contributed by atoms with Gasteiger partial charge < -0.3 is 19.1 Å². The molecule has 2 aromatic carbocycles. The first-order valence-corrected chi connectivity index (χ1v) is 14.8. The van der Waals surface area contributed by atoms with Crippen molar-refractivity contribution in [3.63, 3.8) is 0 Å². The smallest absolute Gasteiger partial charge is 0.151 e. The lowest BCUT2D eigenvalue weighted by molar-refractivity contribution is -0.389. The number of aliphatic hydroxyl groups is 1. The van der Waals surface area contributed by atoms with Crippen molar-refractivity contribution in [1.82, 2.24) is 10.1 Å². The van der Waals surface area contributed by atoms with Gasteiger partial charge in [-0.25, -0.2) is 9.37 Å². The predicted molar refractivity (Wildman–Crippen MR) is 146 cm³/mol. The first-order chi connectivity index (χ1) is 19.3. The Kier molecular flexibility index (Phi) is 5.48. The largest absolute Gasteiger partial charge is 0.382 e. The number of halogens is 3. The van der Waals surface area contributed by atoms with Gasteiger partial charge in [-0.2, -0.15) is 5.26 Å². The van der Waals surface area contributed by atoms with Gasteiger partial charge in [-0.05, 0) is 43.5 Å². The van der Waals surface area contributed by atoms with Crippen molar-refractivity contribution in [3.8, 4) is 17.3 Å². The average molecular weight is 598 g/mol. The van der Waals surface area contributed by atoms with Gasteiger partial charge >= 0.3 is 0 Å². The van der Waals surface area contributed by atoms with Gasteiger partial charge in [0.25, 0.3) is 0 Å². The monoisotopic (exact) mass is 597 g/mol. The van der Waals surface area contributed by atoms with Crippen molar-refractivity contribution in [3.05, 3.63) is 68.1 Å². The molecule has 0 amide bonds. The Morgan fingerprint density at radius 3 is 2.73 bits per heavy atom. The van der Waals surface area contributed by atoms with E-state index in [-0.39, 0.29) is 35.6 Å². The summed E-state index contributed by atoms with van der Waals surface area (Å²) >= 11 is 14.3. The van der Waals surface area contributed by atoms with Gasteiger partial charge in [0.2, 0.25) is 0 Å². The molecule has 0 radical (unpaired) electrons. The SMILES string of the molecule is N#Cc1cc(F)c2nc(C3(O)C4COC45CC(OCc4c(-c6c(Cl)cccc6Cl)noc4C4CC4)CC53)sc2c1. The molecule has 40 heavy (non-hydrogen) atoms. The second-order valence-corrected chi connectivity index (χ2v) is 13.1. The molecule has 2 aromatic heterocycles. The first kappa shape index (κ1) is 25.2. The summed E-state index contributed by atoms with van der Waals surface area (Å²) in [6.45, 7) is 0.681. The molecule has 1 spiro atoms. The lowest BCUT2D eigenvalue weighted by Crippen LogP contribution is -2.78. The fraction of sp³-hybridized carbons (Fsp3) is 0.414. The van der Waals surface area contributed by atoms with Crippen molar-refractivity contribution in [2.45, 2.75) is 55.5 Å². The first-order valence-electron chi connectivity index (χ1n) is 13.2. The Morgan fingerprint density at radius 2 is 2.02 bits per heavy atom. The van der Waals surface area contributed by atoms with Crippen LogP contribution in [-0.2, 0) is 21.7 Å². The minimum atomic E-state index is -1.23. The molecule has 4 fully saturated rings. The summed E-state index contributed by atoms with van der Waals surface area (Å²) in [4.78, 5) is 4.51. The lowest BCUT2D eigenvalue weighted by atomic mass is 9.49. The van der Waals surface area contributed by atoms with Gasteiger partial charge in [0, 0.05) is 35.3 Å². The van der Waals surface area contributed by atoms with E-state index in [1.165, 1.54) is 17.4 Å². The van der Waals surface area contributed by atoms with Crippen LogP contribution >= 0.6 is 34.5 Å². The van der Waals surface area contributed by atoms with Crippen molar-refractivity contribution in [2.75, 3.05) is 6.61 Å². The molecule has 3 aliphatic carbocycles. The number of thiazole rings is 1. The zero-order valence-electron chi connectivity index (χ0n) is 21.0. The average Bonchev–Trinajstić information content (AvgIpc) is 3.35. The van der Waals surface area contributed by atoms with Crippen molar-refractivity contribution in [1.29, 1.82) is 5.26 Å². The third kappa shape index (κ3) is 3.38. The van der Waals surface area contributed by atoms with E-state index >= 15 is 0 Å². The minimum Gasteiger partial charge on any atom is -0.382 e. The van der Waals surface area contributed by atoms with Crippen LogP contribution in [0.3, 0.4) is 0 Å². The van der Waals surface area contributed by atoms with Crippen LogP contribution in [-0.4, -0.2) is 33.6 Å². The van der Waals surface area contributed by atoms with Crippen LogP contribution in [0.5, 0.6) is 0 Å². The number of hydrogen-bond donors (Lipinski definition) is 1. The minimum absolute atomic E-state index is 0.146. The molecule has 11 heteroatoms. The van der Waals surface area contributed by atoms with Crippen LogP contribution < -0.4 is 0 Å². The summed E-state index contributed by atoms with van der Waals surface area (Å²) in [5, 5.41) is 27.0. The molecule has 1 N–H and O–H groups in total. The van der Waals surface area contributed by atoms with Gasteiger partial charge in [-0.1, -0.05) is 34.4 Å². The molecular formula is C29H22Cl2FN3O4S. The fourth-order valence-electron chi connectivity index (χ4n) is 7.07. The van der Waals surface area contributed by atoms with Gasteiger partial charge in [0.15, 0.2) is 5.82 Å². The molecule has 8 rings (SSSR count). The van der Waals surface area contributed by atoms with Crippen molar-refractivity contribution < 1.29 is 23.5 Å². The maximum absolute atomic E-state index is 14.6. The van der Waals surface area contributed by atoms with E-state index in [9.17, 15) is 14.8 Å². The van der Waals surface area contributed by atoms with Crippen LogP contribution in [0.4, 0.5) is 4.39 Å². The maximum atomic E-state index is 14.6. The van der Waals surface area contributed by atoms with E-state index in [1.54, 1.807) is 24.3 Å². The van der Waals surface area contributed by atoms with Crippen LogP contribution in [0.2, 0.25) is 10.0 Å². The van der Waals surface area contributed by atoms with E-state index in [1.807, 2.05) is 6.07 Å². The normalized spacial score (nSPS) is 30.4. The van der Waals surface area contributed by atoms with Gasteiger partial charge in [0.05, 0.1) is 51.3 Å². The molecule has 204 valence electrons. The Labute approximate surface area is 242 Å². The summed E-state index contributed by atoms with van der Waals surface area (Å²) in [6, 6.07) is 10.1. The van der Waals surface area contributed by atoms with E-state index in [2.05, 4.69) is 10.1 Å². The third-order valence-corrected chi connectivity index (χ3v) is 10.9. The molecule has 5 atom stereocenters. The molecule has 4 aromatic rings. The lowest BCUT2D eigenvalue weighted by Gasteiger charge is -2.68. The Balaban J connectivity index is 1.07. The summed E-state index contributed by atoms with van der Waals surface area (Å²) in [5.74, 6) is 0.189. The highest BCUT2D eigenvalue weighted by Crippen LogP contribution is 2.72. The molecular weight excluding hydrogens is 576 g/mol. The number of benzene rings is 2. The number of nitriles is 1. The summed E-state index contributed by atoms with van der Waals surface area (Å²) < 4.78 is 33.6. The van der Waals surface area contributed by atoms with Gasteiger partial charge in [-0.15, -0.1) is 11.3 Å². The molecule has 1 saturated heterocycles. The maximum Gasteiger partial charge on any atom is 0.151 e. The topological polar surface area (TPSA) is 101 Å². The van der Waals surface area contributed by atoms with Crippen molar-refractivity contribution in [2.24, 2.45) is 11.8 Å². The Hall–Kier alpha value is -2.58. The molecule has 7 nitrogen and oxygen atoms in total. The van der Waals surface area contributed by atoms with Crippen LogP contribution in [0.25, 0.3) is 21.5 Å². The molecule has 4 aliphatic rings. The van der Waals surface area contributed by atoms with E-state index < -0.39 is 17.0 Å². The quantitative estimate of drug-likeness (QED) is 0.263. The molecule has 1 aliphatic heterocycles. The third-order valence-electron chi connectivity index (χ3n) is 9.16. The van der Waals surface area contributed by atoms with Gasteiger partial charge in [-0.3, -0.25) is 0 Å². The zero-order valence-corrected chi connectivity index (χ0v) is 23.3. The summed E-state index contributed by atoms with van der Waals surface area (Å²) in [7, 11) is 0. The zero-order chi connectivity index (χ0) is 27.4. The number of hydrogen-bond acceptors (Lipinski definition) is 8. The number of aromatic nitrogens is 2. The highest BCUT2D eigenvalue weighted by molar-refractivity contribution is 7.18. The fourth-order valence-corrected chi connectivity index (χ4v) is 8.86. The second kappa shape index (κ2) is 8.71. The Morgan fingerprint density at radius 1 is 1.23 bits per heavy atom. The summed E-state index contributed by atoms with van der Waals surface area (Å²) in [6.07, 6.45) is 3.12. The number of ether oxygens (including phenoxy) is 2. The molecule has 0 bridgehead atoms. The predicted octanol–water partition coefficient (Wildman–Crippen LogP) is 6.73. The highest BCUT2D eigenvalue weighted by Gasteiger charge is 2.80. The molecule has 5 unspecified atom stereocenters. The standard InChI is InChI=1S/C29H22Cl2FN3O4S/c30-17-2-1-3-18(31)23(17)24-16(26(39-35-24)14-4-5-14)11-37-15-8-21-28(9-15)22(12-38-28)29(21,36)27-34-25-19(32)6-13(10-33)7-20(25)40-27/h1-3,6-7,14-15,21-22,36H,4-5,8-9,11-12H2. The van der Waals surface area contributed by atoms with Crippen LogP contribution in [0.1, 0.15) is 53.5 Å².